The van der Waals surface area contributed by atoms with Crippen molar-refractivity contribution in [1.29, 1.82) is 0 Å². The van der Waals surface area contributed by atoms with Gasteiger partial charge in [-0.15, -0.1) is 0 Å². The van der Waals surface area contributed by atoms with Crippen LogP contribution < -0.4 is 4.72 Å². The van der Waals surface area contributed by atoms with Crippen LogP contribution in [0.25, 0.3) is 10.9 Å². The topological polar surface area (TPSA) is 79.0 Å². The molecular formula is C10H8Cl2N2O3S. The van der Waals surface area contributed by atoms with Crippen LogP contribution in [0.3, 0.4) is 0 Å². The van der Waals surface area contributed by atoms with Gasteiger partial charge in [0.15, 0.2) is 0 Å². The number of carbonyl (C=O) groups excluding carboxylic acids is 1. The van der Waals surface area contributed by atoms with E-state index in [-0.39, 0.29) is 5.69 Å². The van der Waals surface area contributed by atoms with Crippen LogP contribution in [0.1, 0.15) is 10.5 Å². The standard InChI is InChI=1S/C10H8Cl2N2O3S/c1-18(16,17)14-10(15)9-4-6-7(12)2-5(11)3-8(6)13-9/h2-4,13H,1H3,(H,14,15). The SMILES string of the molecule is CS(=O)(=O)NC(=O)c1cc2c(Cl)cc(Cl)cc2[nH]1. The van der Waals surface area contributed by atoms with Crippen molar-refractivity contribution in [2.45, 2.75) is 0 Å². The Morgan fingerprint density at radius 1 is 1.28 bits per heavy atom. The molecule has 5 nitrogen and oxygen atoms in total. The van der Waals surface area contributed by atoms with Crippen molar-refractivity contribution in [2.75, 3.05) is 6.26 Å². The lowest BCUT2D eigenvalue weighted by atomic mass is 10.2. The molecule has 0 saturated heterocycles. The van der Waals surface area contributed by atoms with Crippen LogP contribution in [0, 0.1) is 0 Å². The molecule has 18 heavy (non-hydrogen) atoms. The number of amides is 1. The first kappa shape index (κ1) is 13.2. The minimum atomic E-state index is -3.61. The van der Waals surface area contributed by atoms with Crippen LogP contribution in [0.4, 0.5) is 0 Å². The third-order valence-corrected chi connectivity index (χ3v) is 3.26. The van der Waals surface area contributed by atoms with Crippen molar-refractivity contribution in [2.24, 2.45) is 0 Å². The number of hydrogen-bond acceptors (Lipinski definition) is 3. The molecule has 0 radical (unpaired) electrons. The number of hydrogen-bond donors (Lipinski definition) is 2. The molecule has 1 amide bonds. The van der Waals surface area contributed by atoms with Gasteiger partial charge in [-0.1, -0.05) is 23.2 Å². The zero-order valence-corrected chi connectivity index (χ0v) is 11.4. The van der Waals surface area contributed by atoms with Gasteiger partial charge in [0.1, 0.15) is 5.69 Å². The lowest BCUT2D eigenvalue weighted by molar-refractivity contribution is 0.0977. The van der Waals surface area contributed by atoms with Crippen molar-refractivity contribution in [3.05, 3.63) is 33.9 Å². The van der Waals surface area contributed by atoms with Gasteiger partial charge < -0.3 is 4.98 Å². The Bertz CT molecular complexity index is 737. The second-order valence-corrected chi connectivity index (χ2v) is 6.33. The van der Waals surface area contributed by atoms with Gasteiger partial charge in [-0.25, -0.2) is 13.1 Å². The minimum absolute atomic E-state index is 0.0968. The normalized spacial score (nSPS) is 11.7. The fourth-order valence-corrected chi connectivity index (χ4v) is 2.50. The van der Waals surface area contributed by atoms with Crippen LogP contribution in [-0.4, -0.2) is 25.6 Å². The molecule has 0 aliphatic heterocycles. The van der Waals surface area contributed by atoms with E-state index in [2.05, 4.69) is 4.98 Å². The number of H-pyrrole nitrogens is 1. The van der Waals surface area contributed by atoms with Crippen LogP contribution >= 0.6 is 23.2 Å². The van der Waals surface area contributed by atoms with E-state index in [0.29, 0.717) is 20.9 Å². The minimum Gasteiger partial charge on any atom is -0.350 e. The zero-order chi connectivity index (χ0) is 13.5. The van der Waals surface area contributed by atoms with Crippen molar-refractivity contribution in [1.82, 2.24) is 9.71 Å². The summed E-state index contributed by atoms with van der Waals surface area (Å²) >= 11 is 11.8. The van der Waals surface area contributed by atoms with Gasteiger partial charge in [-0.3, -0.25) is 4.79 Å². The molecule has 2 N–H and O–H groups in total. The number of carbonyl (C=O) groups is 1. The highest BCUT2D eigenvalue weighted by Gasteiger charge is 2.15. The van der Waals surface area contributed by atoms with Gasteiger partial charge in [0, 0.05) is 15.9 Å². The van der Waals surface area contributed by atoms with E-state index < -0.39 is 15.9 Å². The molecule has 0 aliphatic rings. The van der Waals surface area contributed by atoms with Crippen molar-refractivity contribution < 1.29 is 13.2 Å². The third kappa shape index (κ3) is 2.77. The maximum absolute atomic E-state index is 11.6. The van der Waals surface area contributed by atoms with Gasteiger partial charge in [0.2, 0.25) is 10.0 Å². The molecule has 1 heterocycles. The smallest absolute Gasteiger partial charge is 0.281 e. The highest BCUT2D eigenvalue weighted by Crippen LogP contribution is 2.28. The molecular weight excluding hydrogens is 299 g/mol. The molecule has 0 aliphatic carbocycles. The Labute approximate surface area is 113 Å². The average Bonchev–Trinajstić information content (AvgIpc) is 2.58. The number of nitrogens with one attached hydrogen (secondary N) is 2. The highest BCUT2D eigenvalue weighted by molar-refractivity contribution is 7.89. The zero-order valence-electron chi connectivity index (χ0n) is 9.12. The lowest BCUT2D eigenvalue weighted by Crippen LogP contribution is -2.29. The molecule has 0 unspecified atom stereocenters. The average molecular weight is 307 g/mol. The van der Waals surface area contributed by atoms with Crippen molar-refractivity contribution in [3.8, 4) is 0 Å². The van der Waals surface area contributed by atoms with Gasteiger partial charge >= 0.3 is 0 Å². The Morgan fingerprint density at radius 2 is 1.94 bits per heavy atom. The number of benzene rings is 1. The fraction of sp³-hybridized carbons (Fsp3) is 0.100. The van der Waals surface area contributed by atoms with Gasteiger partial charge in [-0.2, -0.15) is 0 Å². The molecule has 8 heteroatoms. The van der Waals surface area contributed by atoms with Crippen molar-refractivity contribution >= 4 is 50.0 Å². The molecule has 0 spiro atoms. The maximum atomic E-state index is 11.6. The second-order valence-electron chi connectivity index (χ2n) is 3.74. The molecule has 2 aromatic rings. The summed E-state index contributed by atoms with van der Waals surface area (Å²) in [7, 11) is -3.61. The van der Waals surface area contributed by atoms with Crippen LogP contribution in [0.15, 0.2) is 18.2 Å². The summed E-state index contributed by atoms with van der Waals surface area (Å²) in [6, 6.07) is 4.60. The number of aromatic nitrogens is 1. The Balaban J connectivity index is 2.48. The molecule has 2 rings (SSSR count). The van der Waals surface area contributed by atoms with E-state index >= 15 is 0 Å². The van der Waals surface area contributed by atoms with E-state index in [1.807, 2.05) is 4.72 Å². The van der Waals surface area contributed by atoms with E-state index in [1.54, 1.807) is 6.07 Å². The first-order valence-electron chi connectivity index (χ1n) is 4.76. The molecule has 1 aromatic carbocycles. The summed E-state index contributed by atoms with van der Waals surface area (Å²) in [6.45, 7) is 0. The number of aromatic amines is 1. The molecule has 1 aromatic heterocycles. The number of halogens is 2. The summed E-state index contributed by atoms with van der Waals surface area (Å²) in [5.41, 5.74) is 0.658. The van der Waals surface area contributed by atoms with E-state index in [1.165, 1.54) is 12.1 Å². The van der Waals surface area contributed by atoms with Gasteiger partial charge in [0.05, 0.1) is 11.3 Å². The first-order chi connectivity index (χ1) is 8.26. The van der Waals surface area contributed by atoms with Crippen molar-refractivity contribution in [3.63, 3.8) is 0 Å². The Kier molecular flexibility index (Phi) is 3.27. The predicted octanol–water partition coefficient (Wildman–Crippen LogP) is 2.16. The number of rotatable bonds is 2. The fourth-order valence-electron chi connectivity index (χ4n) is 1.51. The van der Waals surface area contributed by atoms with E-state index in [9.17, 15) is 13.2 Å². The number of fused-ring (bicyclic) bond motifs is 1. The third-order valence-electron chi connectivity index (χ3n) is 2.18. The quantitative estimate of drug-likeness (QED) is 0.892. The van der Waals surface area contributed by atoms with E-state index in [0.717, 1.165) is 6.26 Å². The molecule has 0 fully saturated rings. The molecule has 0 atom stereocenters. The Morgan fingerprint density at radius 3 is 2.56 bits per heavy atom. The van der Waals surface area contributed by atoms with E-state index in [4.69, 9.17) is 23.2 Å². The molecule has 96 valence electrons. The summed E-state index contributed by atoms with van der Waals surface area (Å²) in [5, 5.41) is 1.40. The molecule has 0 bridgehead atoms. The largest absolute Gasteiger partial charge is 0.350 e. The second kappa shape index (κ2) is 4.46. The van der Waals surface area contributed by atoms with Gasteiger partial charge in [-0.05, 0) is 18.2 Å². The summed E-state index contributed by atoms with van der Waals surface area (Å²) in [4.78, 5) is 14.4. The summed E-state index contributed by atoms with van der Waals surface area (Å²) in [5.74, 6) is -0.749. The van der Waals surface area contributed by atoms with Crippen LogP contribution in [0.5, 0.6) is 0 Å². The maximum Gasteiger partial charge on any atom is 0.281 e. The number of sulfonamides is 1. The lowest BCUT2D eigenvalue weighted by Gasteiger charge is -1.98. The van der Waals surface area contributed by atoms with Gasteiger partial charge in [0.25, 0.3) is 5.91 Å². The predicted molar refractivity (Wildman–Crippen MR) is 70.6 cm³/mol. The molecule has 0 saturated carbocycles. The van der Waals surface area contributed by atoms with Crippen LogP contribution in [0.2, 0.25) is 10.0 Å². The summed E-state index contributed by atoms with van der Waals surface area (Å²) in [6.07, 6.45) is 0.900. The summed E-state index contributed by atoms with van der Waals surface area (Å²) < 4.78 is 23.8. The monoisotopic (exact) mass is 306 g/mol. The first-order valence-corrected chi connectivity index (χ1v) is 7.41. The Hall–Kier alpha value is -1.24. The highest BCUT2D eigenvalue weighted by atomic mass is 35.5. The van der Waals surface area contributed by atoms with Crippen LogP contribution in [-0.2, 0) is 10.0 Å².